The van der Waals surface area contributed by atoms with Gasteiger partial charge in [-0.3, -0.25) is 15.0 Å². The van der Waals surface area contributed by atoms with E-state index in [-0.39, 0.29) is 10.6 Å². The van der Waals surface area contributed by atoms with Crippen molar-refractivity contribution in [3.8, 4) is 6.07 Å². The van der Waals surface area contributed by atoms with Gasteiger partial charge in [0.2, 0.25) is 0 Å². The highest BCUT2D eigenvalue weighted by Crippen LogP contribution is 2.29. The first kappa shape index (κ1) is 14.3. The molecule has 1 heterocycles. The summed E-state index contributed by atoms with van der Waals surface area (Å²) in [6.07, 6.45) is 0. The molecule has 6 heteroatoms. The normalized spacial score (nSPS) is 16.8. The minimum atomic E-state index is -0.491. The predicted molar refractivity (Wildman–Crippen MR) is 76.6 cm³/mol. The molecule has 0 amide bonds. The molecule has 1 saturated heterocycles. The molecule has 0 saturated carbocycles. The third-order valence-corrected chi connectivity index (χ3v) is 3.76. The number of hydrogen-bond donors (Lipinski definition) is 0. The number of nitrogens with zero attached hydrogens (tertiary/aromatic N) is 4. The van der Waals surface area contributed by atoms with Gasteiger partial charge in [-0.15, -0.1) is 0 Å². The molecular weight excluding hydrogens is 256 g/mol. The lowest BCUT2D eigenvalue weighted by Gasteiger charge is -2.41. The van der Waals surface area contributed by atoms with E-state index in [1.165, 1.54) is 6.07 Å². The highest BCUT2D eigenvalue weighted by molar-refractivity contribution is 5.63. The second-order valence-corrected chi connectivity index (χ2v) is 5.39. The minimum Gasteiger partial charge on any atom is -0.363 e. The largest absolute Gasteiger partial charge is 0.363 e. The van der Waals surface area contributed by atoms with Crippen molar-refractivity contribution >= 4 is 11.4 Å². The minimum absolute atomic E-state index is 0.139. The Morgan fingerprint density at radius 3 is 2.40 bits per heavy atom. The molecule has 1 aliphatic heterocycles. The Hall–Kier alpha value is -2.13. The Kier molecular flexibility index (Phi) is 3.91. The zero-order valence-electron chi connectivity index (χ0n) is 11.7. The Morgan fingerprint density at radius 2 is 1.85 bits per heavy atom. The molecule has 0 aliphatic carbocycles. The SMILES string of the molecule is CC(C)(C#N)N1CCN(c2ccccc2[N+](=O)[O-])CC1. The van der Waals surface area contributed by atoms with Crippen LogP contribution in [0.25, 0.3) is 0 Å². The molecule has 0 radical (unpaired) electrons. The number of piperazine rings is 1. The lowest BCUT2D eigenvalue weighted by molar-refractivity contribution is -0.384. The van der Waals surface area contributed by atoms with Gasteiger partial charge in [0.15, 0.2) is 0 Å². The number of nitriles is 1. The van der Waals surface area contributed by atoms with Gasteiger partial charge in [-0.1, -0.05) is 12.1 Å². The fourth-order valence-electron chi connectivity index (χ4n) is 2.46. The van der Waals surface area contributed by atoms with Crippen LogP contribution in [-0.4, -0.2) is 41.5 Å². The summed E-state index contributed by atoms with van der Waals surface area (Å²) in [5.41, 5.74) is 0.307. The molecule has 1 aliphatic rings. The Bertz CT molecular complexity index is 542. The third-order valence-electron chi connectivity index (χ3n) is 3.76. The molecule has 20 heavy (non-hydrogen) atoms. The monoisotopic (exact) mass is 274 g/mol. The van der Waals surface area contributed by atoms with E-state index >= 15 is 0 Å². The maximum Gasteiger partial charge on any atom is 0.292 e. The fraction of sp³-hybridized carbons (Fsp3) is 0.500. The van der Waals surface area contributed by atoms with E-state index in [2.05, 4.69) is 11.0 Å². The van der Waals surface area contributed by atoms with Gasteiger partial charge in [-0.25, -0.2) is 0 Å². The second kappa shape index (κ2) is 5.47. The molecule has 0 aromatic heterocycles. The van der Waals surface area contributed by atoms with Crippen LogP contribution in [0.2, 0.25) is 0 Å². The number of anilines is 1. The van der Waals surface area contributed by atoms with E-state index < -0.39 is 5.54 Å². The Balaban J connectivity index is 2.12. The van der Waals surface area contributed by atoms with Crippen LogP contribution in [0.4, 0.5) is 11.4 Å². The number of rotatable bonds is 3. The first-order valence-corrected chi connectivity index (χ1v) is 6.60. The first-order valence-electron chi connectivity index (χ1n) is 6.60. The highest BCUT2D eigenvalue weighted by Gasteiger charge is 2.31. The van der Waals surface area contributed by atoms with E-state index in [1.54, 1.807) is 12.1 Å². The van der Waals surface area contributed by atoms with E-state index in [0.29, 0.717) is 18.8 Å². The number of hydrogen-bond acceptors (Lipinski definition) is 5. The average molecular weight is 274 g/mol. The summed E-state index contributed by atoms with van der Waals surface area (Å²) < 4.78 is 0. The van der Waals surface area contributed by atoms with Gasteiger partial charge in [-0.2, -0.15) is 5.26 Å². The molecule has 1 aromatic carbocycles. The molecule has 106 valence electrons. The average Bonchev–Trinajstić information content (AvgIpc) is 2.47. The number of benzene rings is 1. The molecule has 0 spiro atoms. The quantitative estimate of drug-likeness (QED) is 0.622. The van der Waals surface area contributed by atoms with Gasteiger partial charge in [0.05, 0.1) is 11.0 Å². The van der Waals surface area contributed by atoms with Crippen molar-refractivity contribution in [2.75, 3.05) is 31.1 Å². The van der Waals surface area contributed by atoms with Crippen molar-refractivity contribution in [1.29, 1.82) is 5.26 Å². The summed E-state index contributed by atoms with van der Waals surface area (Å²) in [7, 11) is 0. The van der Waals surface area contributed by atoms with Crippen molar-refractivity contribution in [2.45, 2.75) is 19.4 Å². The topological polar surface area (TPSA) is 73.4 Å². The summed E-state index contributed by atoms with van der Waals surface area (Å²) in [5.74, 6) is 0. The van der Waals surface area contributed by atoms with Crippen LogP contribution in [0.1, 0.15) is 13.8 Å². The molecule has 0 N–H and O–H groups in total. The molecule has 6 nitrogen and oxygen atoms in total. The van der Waals surface area contributed by atoms with Crippen LogP contribution in [0.3, 0.4) is 0 Å². The number of nitro benzene ring substituents is 1. The van der Waals surface area contributed by atoms with Crippen LogP contribution >= 0.6 is 0 Å². The van der Waals surface area contributed by atoms with Crippen molar-refractivity contribution in [2.24, 2.45) is 0 Å². The summed E-state index contributed by atoms with van der Waals surface area (Å²) in [5, 5.41) is 20.2. The number of nitro groups is 1. The third kappa shape index (κ3) is 2.73. The van der Waals surface area contributed by atoms with E-state index in [4.69, 9.17) is 5.26 Å². The van der Waals surface area contributed by atoms with E-state index in [9.17, 15) is 10.1 Å². The van der Waals surface area contributed by atoms with Crippen LogP contribution in [0, 0.1) is 21.4 Å². The van der Waals surface area contributed by atoms with Crippen LogP contribution in [-0.2, 0) is 0 Å². The predicted octanol–water partition coefficient (Wildman–Crippen LogP) is 2.02. The molecule has 1 fully saturated rings. The second-order valence-electron chi connectivity index (χ2n) is 5.39. The molecule has 0 atom stereocenters. The summed E-state index contributed by atoms with van der Waals surface area (Å²) in [6, 6.07) is 9.09. The lowest BCUT2D eigenvalue weighted by atomic mass is 10.0. The van der Waals surface area contributed by atoms with Crippen molar-refractivity contribution in [3.05, 3.63) is 34.4 Å². The molecule has 0 unspecified atom stereocenters. The smallest absolute Gasteiger partial charge is 0.292 e. The lowest BCUT2D eigenvalue weighted by Crippen LogP contribution is -2.54. The van der Waals surface area contributed by atoms with E-state index in [0.717, 1.165) is 13.1 Å². The zero-order chi connectivity index (χ0) is 14.8. The van der Waals surface area contributed by atoms with Crippen molar-refractivity contribution < 1.29 is 4.92 Å². The molecule has 1 aromatic rings. The summed E-state index contributed by atoms with van der Waals surface area (Å²) in [6.45, 7) is 6.63. The van der Waals surface area contributed by atoms with Crippen molar-refractivity contribution in [3.63, 3.8) is 0 Å². The van der Waals surface area contributed by atoms with Gasteiger partial charge in [0.1, 0.15) is 11.2 Å². The maximum atomic E-state index is 11.1. The Labute approximate surface area is 118 Å². The maximum absolute atomic E-state index is 11.1. The summed E-state index contributed by atoms with van der Waals surface area (Å²) in [4.78, 5) is 14.8. The zero-order valence-corrected chi connectivity index (χ0v) is 11.7. The molecular formula is C14H18N4O2. The standard InChI is InChI=1S/C14H18N4O2/c1-14(2,11-15)17-9-7-16(8-10-17)12-5-3-4-6-13(12)18(19)20/h3-6H,7-10H2,1-2H3. The number of para-hydroxylation sites is 2. The van der Waals surface area contributed by atoms with Crippen molar-refractivity contribution in [1.82, 2.24) is 4.90 Å². The van der Waals surface area contributed by atoms with Gasteiger partial charge in [0, 0.05) is 32.2 Å². The van der Waals surface area contributed by atoms with E-state index in [1.807, 2.05) is 24.8 Å². The van der Waals surface area contributed by atoms with Gasteiger partial charge < -0.3 is 4.90 Å². The Morgan fingerprint density at radius 1 is 1.25 bits per heavy atom. The molecule has 0 bridgehead atoms. The fourth-order valence-corrected chi connectivity index (χ4v) is 2.46. The molecule has 2 rings (SSSR count). The van der Waals surface area contributed by atoms with Gasteiger partial charge >= 0.3 is 0 Å². The van der Waals surface area contributed by atoms with Gasteiger partial charge in [-0.05, 0) is 19.9 Å². The summed E-state index contributed by atoms with van der Waals surface area (Å²) >= 11 is 0. The highest BCUT2D eigenvalue weighted by atomic mass is 16.6. The van der Waals surface area contributed by atoms with Crippen LogP contribution in [0.5, 0.6) is 0 Å². The van der Waals surface area contributed by atoms with Crippen LogP contribution < -0.4 is 4.90 Å². The van der Waals surface area contributed by atoms with Gasteiger partial charge in [0.25, 0.3) is 5.69 Å². The van der Waals surface area contributed by atoms with Crippen LogP contribution in [0.15, 0.2) is 24.3 Å². The first-order chi connectivity index (χ1) is 9.45.